The Hall–Kier alpha value is -5.72. The van der Waals surface area contributed by atoms with Crippen LogP contribution in [0.1, 0.15) is 0 Å². The molecule has 6 heteroatoms. The Kier molecular flexibility index (Phi) is 5.61. The summed E-state index contributed by atoms with van der Waals surface area (Å²) in [6.07, 6.45) is 1.87. The molecule has 0 saturated heterocycles. The largest absolute Gasteiger partial charge is 0.308 e. The van der Waals surface area contributed by atoms with Crippen LogP contribution >= 0.6 is 11.3 Å². The molecule has 0 amide bonds. The van der Waals surface area contributed by atoms with Gasteiger partial charge in [-0.25, -0.2) is 19.9 Å². The Morgan fingerprint density at radius 3 is 1.84 bits per heavy atom. The summed E-state index contributed by atoms with van der Waals surface area (Å²) < 4.78 is 3.61. The Balaban J connectivity index is 1.30. The van der Waals surface area contributed by atoms with Gasteiger partial charge < -0.3 is 4.57 Å². The third-order valence-electron chi connectivity index (χ3n) is 8.11. The van der Waals surface area contributed by atoms with Crippen molar-refractivity contribution < 1.29 is 0 Å². The zero-order chi connectivity index (χ0) is 29.0. The Morgan fingerprint density at radius 1 is 0.477 bits per heavy atom. The molecule has 5 nitrogen and oxygen atoms in total. The van der Waals surface area contributed by atoms with Gasteiger partial charge in [0.2, 0.25) is 0 Å². The van der Waals surface area contributed by atoms with Crippen molar-refractivity contribution in [3.8, 4) is 39.9 Å². The third kappa shape index (κ3) is 3.92. The number of para-hydroxylation sites is 1. The molecule has 44 heavy (non-hydrogen) atoms. The molecule has 0 bridgehead atoms. The fourth-order valence-corrected chi connectivity index (χ4v) is 7.29. The van der Waals surface area contributed by atoms with Crippen molar-refractivity contribution in [3.05, 3.63) is 140 Å². The highest BCUT2D eigenvalue weighted by Gasteiger charge is 2.19. The second-order valence-electron chi connectivity index (χ2n) is 10.7. The maximum Gasteiger partial charge on any atom is 0.164 e. The van der Waals surface area contributed by atoms with Gasteiger partial charge in [0.05, 0.1) is 15.7 Å². The van der Waals surface area contributed by atoms with Gasteiger partial charge in [0.15, 0.2) is 17.5 Å². The van der Waals surface area contributed by atoms with Crippen LogP contribution in [0.3, 0.4) is 0 Å². The minimum atomic E-state index is 0.636. The summed E-state index contributed by atoms with van der Waals surface area (Å²) in [4.78, 5) is 20.6. The van der Waals surface area contributed by atoms with Crippen molar-refractivity contribution in [2.24, 2.45) is 0 Å². The lowest BCUT2D eigenvalue weighted by Gasteiger charge is -2.12. The van der Waals surface area contributed by atoms with E-state index in [1.807, 2.05) is 72.9 Å². The quantitative estimate of drug-likeness (QED) is 0.208. The van der Waals surface area contributed by atoms with E-state index in [9.17, 15) is 0 Å². The van der Waals surface area contributed by atoms with Gasteiger partial charge in [-0.1, -0.05) is 103 Å². The van der Waals surface area contributed by atoms with Crippen LogP contribution in [-0.4, -0.2) is 24.5 Å². The summed E-state index contributed by atoms with van der Waals surface area (Å²) in [6.45, 7) is 0. The van der Waals surface area contributed by atoms with Gasteiger partial charge in [-0.05, 0) is 30.3 Å². The van der Waals surface area contributed by atoms with Crippen molar-refractivity contribution in [3.63, 3.8) is 0 Å². The summed E-state index contributed by atoms with van der Waals surface area (Å²) in [7, 11) is 0. The lowest BCUT2D eigenvalue weighted by molar-refractivity contribution is 1.07. The average molecular weight is 582 g/mol. The number of nitrogens with zero attached hydrogens (tertiary/aromatic N) is 5. The second kappa shape index (κ2) is 9.93. The van der Waals surface area contributed by atoms with Crippen molar-refractivity contribution in [2.45, 2.75) is 0 Å². The van der Waals surface area contributed by atoms with E-state index >= 15 is 0 Å². The van der Waals surface area contributed by atoms with E-state index < -0.39 is 0 Å². The van der Waals surface area contributed by atoms with Crippen LogP contribution in [0.4, 0.5) is 0 Å². The van der Waals surface area contributed by atoms with E-state index in [4.69, 9.17) is 15.0 Å². The Morgan fingerprint density at radius 2 is 1.09 bits per heavy atom. The van der Waals surface area contributed by atoms with Crippen LogP contribution in [0.25, 0.3) is 82.0 Å². The molecule has 5 aromatic carbocycles. The van der Waals surface area contributed by atoms with Gasteiger partial charge >= 0.3 is 0 Å². The predicted molar refractivity (Wildman–Crippen MR) is 181 cm³/mol. The normalized spacial score (nSPS) is 11.6. The molecule has 206 valence electrons. The molecule has 9 aromatic rings. The topological polar surface area (TPSA) is 56.5 Å². The van der Waals surface area contributed by atoms with Crippen molar-refractivity contribution in [2.75, 3.05) is 0 Å². The number of rotatable bonds is 4. The van der Waals surface area contributed by atoms with E-state index in [-0.39, 0.29) is 0 Å². The molecule has 9 rings (SSSR count). The molecular formula is C38H23N5S. The highest BCUT2D eigenvalue weighted by molar-refractivity contribution is 7.26. The fourth-order valence-electron chi connectivity index (χ4n) is 6.11. The number of benzene rings is 5. The van der Waals surface area contributed by atoms with E-state index in [0.717, 1.165) is 32.7 Å². The first kappa shape index (κ1) is 24.8. The zero-order valence-corrected chi connectivity index (χ0v) is 24.2. The molecule has 0 spiro atoms. The number of pyridine rings is 1. The maximum atomic E-state index is 4.99. The summed E-state index contributed by atoms with van der Waals surface area (Å²) in [5.41, 5.74) is 6.22. The second-order valence-corrected chi connectivity index (χ2v) is 11.7. The molecule has 0 fully saturated rings. The molecule has 0 radical (unpaired) electrons. The summed E-state index contributed by atoms with van der Waals surface area (Å²) in [5.74, 6) is 1.93. The molecule has 0 atom stereocenters. The fraction of sp³-hybridized carbons (Fsp3) is 0. The molecule has 0 N–H and O–H groups in total. The average Bonchev–Trinajstić information content (AvgIpc) is 3.65. The minimum Gasteiger partial charge on any atom is -0.308 e. The molecule has 0 aliphatic carbocycles. The highest BCUT2D eigenvalue weighted by Crippen LogP contribution is 2.42. The van der Waals surface area contributed by atoms with Crippen LogP contribution in [0.2, 0.25) is 0 Å². The number of hydrogen-bond donors (Lipinski definition) is 0. The maximum absolute atomic E-state index is 4.99. The summed E-state index contributed by atoms with van der Waals surface area (Å²) in [6, 6.07) is 46.0. The molecule has 0 aliphatic rings. The third-order valence-corrected chi connectivity index (χ3v) is 9.25. The van der Waals surface area contributed by atoms with Gasteiger partial charge in [-0.15, -0.1) is 11.3 Å². The molecular weight excluding hydrogens is 559 g/mol. The minimum absolute atomic E-state index is 0.636. The first-order chi connectivity index (χ1) is 21.8. The number of thiophene rings is 1. The lowest BCUT2D eigenvalue weighted by atomic mass is 10.1. The van der Waals surface area contributed by atoms with E-state index in [1.165, 1.54) is 31.8 Å². The van der Waals surface area contributed by atoms with Gasteiger partial charge in [-0.3, -0.25) is 0 Å². The lowest BCUT2D eigenvalue weighted by Crippen LogP contribution is -2.01. The van der Waals surface area contributed by atoms with Crippen molar-refractivity contribution in [1.29, 1.82) is 0 Å². The van der Waals surface area contributed by atoms with E-state index in [1.54, 1.807) is 11.3 Å². The predicted octanol–water partition coefficient (Wildman–Crippen LogP) is 9.73. The van der Waals surface area contributed by atoms with Gasteiger partial charge in [0, 0.05) is 50.1 Å². The van der Waals surface area contributed by atoms with Crippen LogP contribution in [0, 0.1) is 0 Å². The van der Waals surface area contributed by atoms with Crippen LogP contribution in [0.5, 0.6) is 0 Å². The van der Waals surface area contributed by atoms with Gasteiger partial charge in [0.25, 0.3) is 0 Å². The zero-order valence-electron chi connectivity index (χ0n) is 23.4. The van der Waals surface area contributed by atoms with Gasteiger partial charge in [-0.2, -0.15) is 0 Å². The molecule has 0 saturated carbocycles. The number of aromatic nitrogens is 5. The molecule has 0 aliphatic heterocycles. The van der Waals surface area contributed by atoms with Crippen LogP contribution in [0.15, 0.2) is 140 Å². The smallest absolute Gasteiger partial charge is 0.164 e. The first-order valence-electron chi connectivity index (χ1n) is 14.5. The molecule has 0 unspecified atom stereocenters. The Labute approximate surface area is 256 Å². The van der Waals surface area contributed by atoms with Gasteiger partial charge in [0.1, 0.15) is 4.83 Å². The number of hydrogen-bond acceptors (Lipinski definition) is 5. The van der Waals surface area contributed by atoms with E-state index in [0.29, 0.717) is 17.5 Å². The summed E-state index contributed by atoms with van der Waals surface area (Å²) >= 11 is 1.75. The van der Waals surface area contributed by atoms with Crippen molar-refractivity contribution >= 4 is 53.4 Å². The standard InChI is InChI=1S/C38H23N5S/c1-3-11-24(12-4-1)35-40-36(25-13-5-2-6-14-25)42-37(41-35)26-15-9-16-27(23-26)43-32-19-8-7-17-28(32)29-20-21-30-31-18-10-22-39-38(31)44-34(30)33(29)43/h1-23H. The van der Waals surface area contributed by atoms with Crippen LogP contribution < -0.4 is 0 Å². The van der Waals surface area contributed by atoms with Crippen molar-refractivity contribution in [1.82, 2.24) is 24.5 Å². The van der Waals surface area contributed by atoms with Crippen LogP contribution in [-0.2, 0) is 0 Å². The SMILES string of the molecule is c1ccc(-c2nc(-c3ccccc3)nc(-c3cccc(-n4c5ccccc5c5ccc6c7cccnc7sc6c54)c3)n2)cc1. The number of fused-ring (bicyclic) bond motifs is 7. The molecule has 4 aromatic heterocycles. The molecule has 4 heterocycles. The Bertz CT molecular complexity index is 2440. The monoisotopic (exact) mass is 581 g/mol. The van der Waals surface area contributed by atoms with E-state index in [2.05, 4.69) is 76.3 Å². The first-order valence-corrected chi connectivity index (χ1v) is 15.3. The summed E-state index contributed by atoms with van der Waals surface area (Å²) in [5, 5.41) is 4.86. The highest BCUT2D eigenvalue weighted by atomic mass is 32.1.